The summed E-state index contributed by atoms with van der Waals surface area (Å²) in [4.78, 5) is 0. The summed E-state index contributed by atoms with van der Waals surface area (Å²) in [5.41, 5.74) is 0.800. The lowest BCUT2D eigenvalue weighted by atomic mass is 10.2. The molecule has 0 aliphatic carbocycles. The predicted octanol–water partition coefficient (Wildman–Crippen LogP) is 2.14. The number of hydrogen-bond donors (Lipinski definition) is 1. The van der Waals surface area contributed by atoms with Gasteiger partial charge in [-0.05, 0) is 6.07 Å². The molecule has 2 nitrogen and oxygen atoms in total. The maximum absolute atomic E-state index is 9.24. The molecule has 0 saturated heterocycles. The fourth-order valence-corrected chi connectivity index (χ4v) is 1.12. The molecule has 1 N–H and O–H groups in total. The van der Waals surface area contributed by atoms with Crippen molar-refractivity contribution < 1.29 is 9.84 Å². The van der Waals surface area contributed by atoms with E-state index in [9.17, 15) is 5.11 Å². The fourth-order valence-electron chi connectivity index (χ4n) is 0.912. The smallest absolute Gasteiger partial charge is 0.164 e. The van der Waals surface area contributed by atoms with Gasteiger partial charge in [0, 0.05) is 5.56 Å². The lowest BCUT2D eigenvalue weighted by Crippen LogP contribution is -1.88. The first-order valence-electron chi connectivity index (χ1n) is 3.20. The van der Waals surface area contributed by atoms with Crippen LogP contribution in [0.15, 0.2) is 18.2 Å². The van der Waals surface area contributed by atoms with E-state index >= 15 is 0 Å². The van der Waals surface area contributed by atoms with Crippen molar-refractivity contribution in [2.45, 2.75) is 5.88 Å². The maximum Gasteiger partial charge on any atom is 0.164 e. The monoisotopic (exact) mass is 172 g/mol. The van der Waals surface area contributed by atoms with E-state index in [2.05, 4.69) is 0 Å². The Bertz CT molecular complexity index is 248. The molecule has 1 rings (SSSR count). The number of hydrogen-bond acceptors (Lipinski definition) is 2. The third-order valence-corrected chi connectivity index (χ3v) is 1.71. The molecule has 0 atom stereocenters. The van der Waals surface area contributed by atoms with Crippen LogP contribution in [0.5, 0.6) is 11.5 Å². The number of phenols is 1. The Hall–Kier alpha value is -0.890. The van der Waals surface area contributed by atoms with E-state index in [0.29, 0.717) is 11.6 Å². The van der Waals surface area contributed by atoms with Crippen molar-refractivity contribution in [1.29, 1.82) is 0 Å². The zero-order valence-electron chi connectivity index (χ0n) is 6.17. The zero-order valence-corrected chi connectivity index (χ0v) is 6.93. The predicted molar refractivity (Wildman–Crippen MR) is 44.2 cm³/mol. The standard InChI is InChI=1S/C8H9ClO2/c1-11-8-6(5-9)3-2-4-7(8)10/h2-4,10H,5H2,1H3. The molecule has 3 heteroatoms. The maximum atomic E-state index is 9.24. The highest BCUT2D eigenvalue weighted by Gasteiger charge is 2.05. The minimum absolute atomic E-state index is 0.130. The third kappa shape index (κ3) is 1.57. The largest absolute Gasteiger partial charge is 0.504 e. The Morgan fingerprint density at radius 3 is 2.73 bits per heavy atom. The first kappa shape index (κ1) is 8.21. The molecule has 0 amide bonds. The third-order valence-electron chi connectivity index (χ3n) is 1.42. The van der Waals surface area contributed by atoms with Crippen molar-refractivity contribution in [1.82, 2.24) is 0 Å². The van der Waals surface area contributed by atoms with Gasteiger partial charge in [0.05, 0.1) is 13.0 Å². The molecule has 0 aliphatic rings. The average molecular weight is 173 g/mol. The Labute approximate surface area is 70.4 Å². The van der Waals surface area contributed by atoms with E-state index in [0.717, 1.165) is 5.56 Å². The van der Waals surface area contributed by atoms with Gasteiger partial charge in [-0.15, -0.1) is 11.6 Å². The molecule has 0 saturated carbocycles. The average Bonchev–Trinajstić information content (AvgIpc) is 2.04. The van der Waals surface area contributed by atoms with E-state index in [1.54, 1.807) is 12.1 Å². The summed E-state index contributed by atoms with van der Waals surface area (Å²) in [5.74, 6) is 0.936. The van der Waals surface area contributed by atoms with Gasteiger partial charge in [-0.2, -0.15) is 0 Å². The Morgan fingerprint density at radius 1 is 1.55 bits per heavy atom. The van der Waals surface area contributed by atoms with Gasteiger partial charge in [0.15, 0.2) is 11.5 Å². The topological polar surface area (TPSA) is 29.5 Å². The number of alkyl halides is 1. The number of aromatic hydroxyl groups is 1. The van der Waals surface area contributed by atoms with Crippen molar-refractivity contribution in [3.05, 3.63) is 23.8 Å². The summed E-state index contributed by atoms with van der Waals surface area (Å²) in [7, 11) is 1.51. The second-order valence-electron chi connectivity index (χ2n) is 2.10. The van der Waals surface area contributed by atoms with Gasteiger partial charge >= 0.3 is 0 Å². The second kappa shape index (κ2) is 3.49. The van der Waals surface area contributed by atoms with Gasteiger partial charge in [-0.25, -0.2) is 0 Å². The second-order valence-corrected chi connectivity index (χ2v) is 2.37. The molecule has 0 radical (unpaired) electrons. The van der Waals surface area contributed by atoms with E-state index in [-0.39, 0.29) is 5.75 Å². The molecule has 0 unspecified atom stereocenters. The van der Waals surface area contributed by atoms with E-state index in [4.69, 9.17) is 16.3 Å². The number of rotatable bonds is 2. The number of methoxy groups -OCH3 is 1. The van der Waals surface area contributed by atoms with Gasteiger partial charge in [0.2, 0.25) is 0 Å². The molecule has 0 aromatic heterocycles. The highest BCUT2D eigenvalue weighted by atomic mass is 35.5. The first-order chi connectivity index (χ1) is 5.29. The fraction of sp³-hybridized carbons (Fsp3) is 0.250. The van der Waals surface area contributed by atoms with Gasteiger partial charge in [-0.3, -0.25) is 0 Å². The zero-order chi connectivity index (χ0) is 8.27. The molecular weight excluding hydrogens is 164 g/mol. The van der Waals surface area contributed by atoms with Crippen LogP contribution in [-0.4, -0.2) is 12.2 Å². The van der Waals surface area contributed by atoms with Crippen LogP contribution in [0.3, 0.4) is 0 Å². The minimum atomic E-state index is 0.130. The summed E-state index contributed by atoms with van der Waals surface area (Å²) in [6.45, 7) is 0. The summed E-state index contributed by atoms with van der Waals surface area (Å²) in [6.07, 6.45) is 0. The number of para-hydroxylation sites is 1. The molecule has 60 valence electrons. The lowest BCUT2D eigenvalue weighted by Gasteiger charge is -2.06. The first-order valence-corrected chi connectivity index (χ1v) is 3.74. The van der Waals surface area contributed by atoms with Crippen LogP contribution in [0.1, 0.15) is 5.56 Å². The molecule has 0 bridgehead atoms. The molecule has 0 aliphatic heterocycles. The number of ether oxygens (including phenoxy) is 1. The van der Waals surface area contributed by atoms with Crippen LogP contribution in [0, 0.1) is 0 Å². The molecule has 0 fully saturated rings. The van der Waals surface area contributed by atoms with Crippen LogP contribution in [0.2, 0.25) is 0 Å². The number of halogens is 1. The van der Waals surface area contributed by atoms with Gasteiger partial charge in [0.25, 0.3) is 0 Å². The van der Waals surface area contributed by atoms with Crippen LogP contribution >= 0.6 is 11.6 Å². The Balaban J connectivity index is 3.13. The summed E-state index contributed by atoms with van der Waals surface area (Å²) >= 11 is 5.59. The van der Waals surface area contributed by atoms with Crippen molar-refractivity contribution >= 4 is 11.6 Å². The van der Waals surface area contributed by atoms with Crippen molar-refractivity contribution in [3.63, 3.8) is 0 Å². The normalized spacial score (nSPS) is 9.64. The van der Waals surface area contributed by atoms with Crippen LogP contribution in [0.4, 0.5) is 0 Å². The van der Waals surface area contributed by atoms with E-state index < -0.39 is 0 Å². The summed E-state index contributed by atoms with van der Waals surface area (Å²) in [5, 5.41) is 9.24. The molecule has 1 aromatic rings. The Kier molecular flexibility index (Phi) is 2.60. The molecule has 0 spiro atoms. The number of benzene rings is 1. The van der Waals surface area contributed by atoms with Crippen LogP contribution in [0.25, 0.3) is 0 Å². The molecular formula is C8H9ClO2. The van der Waals surface area contributed by atoms with Crippen LogP contribution < -0.4 is 4.74 Å². The number of phenolic OH excluding ortho intramolecular Hbond substituents is 1. The summed E-state index contributed by atoms with van der Waals surface area (Å²) in [6, 6.07) is 5.11. The van der Waals surface area contributed by atoms with Gasteiger partial charge in [-0.1, -0.05) is 12.1 Å². The highest BCUT2D eigenvalue weighted by molar-refractivity contribution is 6.17. The van der Waals surface area contributed by atoms with Gasteiger partial charge in [0.1, 0.15) is 0 Å². The van der Waals surface area contributed by atoms with E-state index in [1.165, 1.54) is 7.11 Å². The van der Waals surface area contributed by atoms with Crippen molar-refractivity contribution in [3.8, 4) is 11.5 Å². The van der Waals surface area contributed by atoms with E-state index in [1.807, 2.05) is 6.07 Å². The molecule has 1 aromatic carbocycles. The van der Waals surface area contributed by atoms with Crippen molar-refractivity contribution in [2.24, 2.45) is 0 Å². The van der Waals surface area contributed by atoms with Crippen LogP contribution in [-0.2, 0) is 5.88 Å². The quantitative estimate of drug-likeness (QED) is 0.693. The van der Waals surface area contributed by atoms with Gasteiger partial charge < -0.3 is 9.84 Å². The van der Waals surface area contributed by atoms with Crippen molar-refractivity contribution in [2.75, 3.05) is 7.11 Å². The summed E-state index contributed by atoms with van der Waals surface area (Å²) < 4.78 is 4.93. The highest BCUT2D eigenvalue weighted by Crippen LogP contribution is 2.30. The minimum Gasteiger partial charge on any atom is -0.504 e. The SMILES string of the molecule is COc1c(O)cccc1CCl. The lowest BCUT2D eigenvalue weighted by molar-refractivity contribution is 0.370. The Morgan fingerprint density at radius 2 is 2.27 bits per heavy atom. The molecule has 0 heterocycles. The molecule has 11 heavy (non-hydrogen) atoms.